The zero-order chi connectivity index (χ0) is 19.0. The van der Waals surface area contributed by atoms with Gasteiger partial charge in [-0.05, 0) is 30.2 Å². The standard InChI is InChI=1S/C20H25FN4O2.ClH/c1-13-10-25(12-19(27-13)14-3-5-16(21)6-4-14)20(26)18-9-22-8-17(18)15-7-23-24(2)11-15;/h3-7,11,13,17-19,22H,8-10,12H2,1-2H3;1H/t13?,17-,18+,19?;/m1./s1. The quantitative estimate of drug-likeness (QED) is 0.846. The lowest BCUT2D eigenvalue weighted by Gasteiger charge is -2.38. The molecule has 0 radical (unpaired) electrons. The highest BCUT2D eigenvalue weighted by molar-refractivity contribution is 5.85. The van der Waals surface area contributed by atoms with Gasteiger partial charge in [0.1, 0.15) is 11.9 Å². The van der Waals surface area contributed by atoms with Crippen LogP contribution in [0.15, 0.2) is 36.7 Å². The fourth-order valence-corrected chi connectivity index (χ4v) is 4.15. The summed E-state index contributed by atoms with van der Waals surface area (Å²) in [6, 6.07) is 6.33. The maximum atomic E-state index is 13.3. The van der Waals surface area contributed by atoms with E-state index >= 15 is 0 Å². The molecule has 8 heteroatoms. The lowest BCUT2D eigenvalue weighted by atomic mass is 9.89. The Hall–Kier alpha value is -1.96. The molecule has 3 heterocycles. The van der Waals surface area contributed by atoms with Crippen LogP contribution >= 0.6 is 12.4 Å². The van der Waals surface area contributed by atoms with E-state index < -0.39 is 0 Å². The van der Waals surface area contributed by atoms with Gasteiger partial charge in [-0.3, -0.25) is 9.48 Å². The largest absolute Gasteiger partial charge is 0.367 e. The summed E-state index contributed by atoms with van der Waals surface area (Å²) in [4.78, 5) is 15.2. The second-order valence-corrected chi connectivity index (χ2v) is 7.55. The van der Waals surface area contributed by atoms with Gasteiger partial charge in [0.05, 0.1) is 24.8 Å². The molecule has 6 nitrogen and oxygen atoms in total. The number of carbonyl (C=O) groups is 1. The van der Waals surface area contributed by atoms with Crippen LogP contribution in [0.3, 0.4) is 0 Å². The van der Waals surface area contributed by atoms with Crippen molar-refractivity contribution in [3.8, 4) is 0 Å². The van der Waals surface area contributed by atoms with Gasteiger partial charge < -0.3 is 15.0 Å². The van der Waals surface area contributed by atoms with Gasteiger partial charge in [0.15, 0.2) is 0 Å². The second-order valence-electron chi connectivity index (χ2n) is 7.55. The molecule has 2 aliphatic heterocycles. The number of aromatic nitrogens is 2. The minimum atomic E-state index is -0.271. The average molecular weight is 409 g/mol. The SMILES string of the molecule is CC1CN(C(=O)[C@H]2CNC[C@@H]2c2cnn(C)c2)CC(c2ccc(F)cc2)O1.Cl. The highest BCUT2D eigenvalue weighted by atomic mass is 35.5. The number of benzene rings is 1. The molecule has 1 aromatic heterocycles. The van der Waals surface area contributed by atoms with E-state index in [1.54, 1.807) is 16.8 Å². The molecule has 0 saturated carbocycles. The first-order chi connectivity index (χ1) is 13.0. The van der Waals surface area contributed by atoms with Crippen molar-refractivity contribution in [2.75, 3.05) is 26.2 Å². The van der Waals surface area contributed by atoms with Gasteiger partial charge in [-0.25, -0.2) is 4.39 Å². The summed E-state index contributed by atoms with van der Waals surface area (Å²) in [5.74, 6) is -0.0926. The highest BCUT2D eigenvalue weighted by Crippen LogP contribution is 2.32. The average Bonchev–Trinajstić information content (AvgIpc) is 3.30. The van der Waals surface area contributed by atoms with Crippen LogP contribution in [0.5, 0.6) is 0 Å². The number of halogens is 2. The summed E-state index contributed by atoms with van der Waals surface area (Å²) in [6.45, 7) is 4.49. The van der Waals surface area contributed by atoms with Crippen LogP contribution in [0, 0.1) is 11.7 Å². The number of carbonyl (C=O) groups excluding carboxylic acids is 1. The third-order valence-electron chi connectivity index (χ3n) is 5.50. The Bertz CT molecular complexity index is 813. The minimum absolute atomic E-state index is 0. The topological polar surface area (TPSA) is 59.4 Å². The molecule has 2 fully saturated rings. The van der Waals surface area contributed by atoms with Crippen molar-refractivity contribution in [2.24, 2.45) is 13.0 Å². The Morgan fingerprint density at radius 2 is 1.96 bits per heavy atom. The Kier molecular flexibility index (Phi) is 6.37. The summed E-state index contributed by atoms with van der Waals surface area (Å²) in [5.41, 5.74) is 1.99. The summed E-state index contributed by atoms with van der Waals surface area (Å²) in [7, 11) is 1.89. The molecule has 2 unspecified atom stereocenters. The van der Waals surface area contributed by atoms with Gasteiger partial charge in [0, 0.05) is 38.8 Å². The first-order valence-corrected chi connectivity index (χ1v) is 9.40. The molecule has 1 aromatic carbocycles. The summed E-state index contributed by atoms with van der Waals surface area (Å²) in [6.07, 6.45) is 3.54. The van der Waals surface area contributed by atoms with Gasteiger partial charge in [0.25, 0.3) is 0 Å². The second kappa shape index (κ2) is 8.59. The van der Waals surface area contributed by atoms with Crippen molar-refractivity contribution in [2.45, 2.75) is 25.0 Å². The van der Waals surface area contributed by atoms with Crippen molar-refractivity contribution in [1.82, 2.24) is 20.0 Å². The van der Waals surface area contributed by atoms with Gasteiger partial charge in [-0.15, -0.1) is 12.4 Å². The predicted molar refractivity (Wildman–Crippen MR) is 106 cm³/mol. The fraction of sp³-hybridized carbons (Fsp3) is 0.500. The van der Waals surface area contributed by atoms with E-state index in [1.807, 2.05) is 31.3 Å². The third-order valence-corrected chi connectivity index (χ3v) is 5.50. The summed E-state index contributed by atoms with van der Waals surface area (Å²) in [5, 5.41) is 7.60. The monoisotopic (exact) mass is 408 g/mol. The summed E-state index contributed by atoms with van der Waals surface area (Å²) >= 11 is 0. The summed E-state index contributed by atoms with van der Waals surface area (Å²) < 4.78 is 21.0. The fourth-order valence-electron chi connectivity index (χ4n) is 4.15. The van der Waals surface area contributed by atoms with Crippen molar-refractivity contribution >= 4 is 18.3 Å². The van der Waals surface area contributed by atoms with E-state index in [1.165, 1.54) is 12.1 Å². The smallest absolute Gasteiger partial charge is 0.227 e. The molecular formula is C20H26ClFN4O2. The van der Waals surface area contributed by atoms with E-state index in [-0.39, 0.29) is 48.2 Å². The third kappa shape index (κ3) is 4.21. The normalized spacial score (nSPS) is 27.5. The van der Waals surface area contributed by atoms with Crippen molar-refractivity contribution in [3.05, 3.63) is 53.6 Å². The molecule has 28 heavy (non-hydrogen) atoms. The number of nitrogens with one attached hydrogen (secondary N) is 1. The molecule has 1 N–H and O–H groups in total. The number of morpholine rings is 1. The zero-order valence-electron chi connectivity index (χ0n) is 16.0. The van der Waals surface area contributed by atoms with E-state index in [2.05, 4.69) is 10.4 Å². The molecular weight excluding hydrogens is 383 g/mol. The first-order valence-electron chi connectivity index (χ1n) is 9.40. The van der Waals surface area contributed by atoms with Crippen molar-refractivity contribution in [1.29, 1.82) is 0 Å². The minimum Gasteiger partial charge on any atom is -0.367 e. The number of ether oxygens (including phenoxy) is 1. The van der Waals surface area contributed by atoms with Gasteiger partial charge in [-0.2, -0.15) is 5.10 Å². The molecule has 4 atom stereocenters. The molecule has 2 saturated heterocycles. The van der Waals surface area contributed by atoms with Gasteiger partial charge >= 0.3 is 0 Å². The zero-order valence-corrected chi connectivity index (χ0v) is 16.9. The van der Waals surface area contributed by atoms with Crippen LogP contribution in [0.2, 0.25) is 0 Å². The molecule has 152 valence electrons. The van der Waals surface area contributed by atoms with E-state index in [0.29, 0.717) is 19.6 Å². The van der Waals surface area contributed by atoms with E-state index in [4.69, 9.17) is 4.74 Å². The number of nitrogens with zero attached hydrogens (tertiary/aromatic N) is 3. The molecule has 0 bridgehead atoms. The predicted octanol–water partition coefficient (Wildman–Crippen LogP) is 2.27. The van der Waals surface area contributed by atoms with Crippen LogP contribution in [-0.4, -0.2) is 52.9 Å². The Labute approximate surface area is 170 Å². The van der Waals surface area contributed by atoms with Crippen LogP contribution in [0.25, 0.3) is 0 Å². The number of hydrogen-bond donors (Lipinski definition) is 1. The number of rotatable bonds is 3. The van der Waals surface area contributed by atoms with Crippen LogP contribution in [0.1, 0.15) is 30.1 Å². The number of aryl methyl sites for hydroxylation is 1. The lowest BCUT2D eigenvalue weighted by Crippen LogP contribution is -2.49. The maximum Gasteiger partial charge on any atom is 0.227 e. The first kappa shape index (κ1) is 20.8. The van der Waals surface area contributed by atoms with Crippen molar-refractivity contribution in [3.63, 3.8) is 0 Å². The van der Waals surface area contributed by atoms with Crippen molar-refractivity contribution < 1.29 is 13.9 Å². The van der Waals surface area contributed by atoms with Crippen LogP contribution in [0.4, 0.5) is 4.39 Å². The van der Waals surface area contributed by atoms with Gasteiger partial charge in [0.2, 0.25) is 5.91 Å². The van der Waals surface area contributed by atoms with E-state index in [9.17, 15) is 9.18 Å². The molecule has 1 amide bonds. The molecule has 0 aliphatic carbocycles. The highest BCUT2D eigenvalue weighted by Gasteiger charge is 2.39. The maximum absolute atomic E-state index is 13.3. The van der Waals surface area contributed by atoms with Crippen LogP contribution in [-0.2, 0) is 16.6 Å². The Balaban J connectivity index is 0.00000225. The Morgan fingerprint density at radius 3 is 2.64 bits per heavy atom. The van der Waals surface area contributed by atoms with E-state index in [0.717, 1.165) is 17.7 Å². The molecule has 2 aliphatic rings. The van der Waals surface area contributed by atoms with Gasteiger partial charge in [-0.1, -0.05) is 12.1 Å². The van der Waals surface area contributed by atoms with Crippen LogP contribution < -0.4 is 5.32 Å². The number of amides is 1. The lowest BCUT2D eigenvalue weighted by molar-refractivity contribution is -0.149. The number of hydrogen-bond acceptors (Lipinski definition) is 4. The molecule has 0 spiro atoms. The Morgan fingerprint density at radius 1 is 1.21 bits per heavy atom. The molecule has 2 aromatic rings. The molecule has 4 rings (SSSR count).